The average molecular weight is 509 g/mol. The van der Waals surface area contributed by atoms with Crippen molar-refractivity contribution in [3.63, 3.8) is 0 Å². The number of benzene rings is 3. The first kappa shape index (κ1) is 23.0. The van der Waals surface area contributed by atoms with E-state index in [-0.39, 0.29) is 11.1 Å². The number of thiazole rings is 1. The summed E-state index contributed by atoms with van der Waals surface area (Å²) in [6.07, 6.45) is 0. The minimum Gasteiger partial charge on any atom is -0.507 e. The van der Waals surface area contributed by atoms with Crippen molar-refractivity contribution < 1.29 is 23.8 Å². The van der Waals surface area contributed by atoms with Gasteiger partial charge in [-0.3, -0.25) is 14.5 Å². The molecule has 176 valence electrons. The summed E-state index contributed by atoms with van der Waals surface area (Å²) in [7, 11) is 0. The number of ether oxygens (including phenoxy) is 1. The number of nitrogens with zero attached hydrogens (tertiary/aromatic N) is 2. The highest BCUT2D eigenvalue weighted by Crippen LogP contribution is 2.45. The molecule has 35 heavy (non-hydrogen) atoms. The highest BCUT2D eigenvalue weighted by atomic mass is 35.5. The lowest BCUT2D eigenvalue weighted by Crippen LogP contribution is -2.29. The topological polar surface area (TPSA) is 79.7 Å². The first-order valence-corrected chi connectivity index (χ1v) is 11.9. The van der Waals surface area contributed by atoms with Crippen molar-refractivity contribution in [1.29, 1.82) is 0 Å². The number of hydrogen-bond donors (Lipinski definition) is 1. The van der Waals surface area contributed by atoms with Gasteiger partial charge in [-0.15, -0.1) is 0 Å². The number of carbonyl (C=O) groups is 2. The van der Waals surface area contributed by atoms with Gasteiger partial charge in [-0.2, -0.15) is 0 Å². The van der Waals surface area contributed by atoms with E-state index in [1.54, 1.807) is 36.4 Å². The van der Waals surface area contributed by atoms with Gasteiger partial charge in [0, 0.05) is 10.6 Å². The minimum absolute atomic E-state index is 0.127. The van der Waals surface area contributed by atoms with Gasteiger partial charge < -0.3 is 9.84 Å². The molecule has 9 heteroatoms. The molecule has 1 aliphatic heterocycles. The van der Waals surface area contributed by atoms with Gasteiger partial charge in [0.15, 0.2) is 5.13 Å². The fraction of sp³-hybridized carbons (Fsp3) is 0.115. The summed E-state index contributed by atoms with van der Waals surface area (Å²) in [6.45, 7) is 2.39. The first-order valence-electron chi connectivity index (χ1n) is 10.7. The van der Waals surface area contributed by atoms with Crippen molar-refractivity contribution in [1.82, 2.24) is 4.98 Å². The van der Waals surface area contributed by atoms with Crippen LogP contribution in [0, 0.1) is 5.82 Å². The molecule has 0 radical (unpaired) electrons. The number of anilines is 1. The molecule has 0 bridgehead atoms. The van der Waals surface area contributed by atoms with Crippen LogP contribution in [0.5, 0.6) is 5.75 Å². The summed E-state index contributed by atoms with van der Waals surface area (Å²) in [6, 6.07) is 16.2. The van der Waals surface area contributed by atoms with Crippen molar-refractivity contribution in [3.05, 3.63) is 94.3 Å². The third-order valence-electron chi connectivity index (χ3n) is 5.59. The van der Waals surface area contributed by atoms with Crippen LogP contribution < -0.4 is 9.64 Å². The van der Waals surface area contributed by atoms with Crippen LogP contribution in [0.2, 0.25) is 5.02 Å². The van der Waals surface area contributed by atoms with Gasteiger partial charge in [0.05, 0.1) is 28.4 Å². The van der Waals surface area contributed by atoms with Gasteiger partial charge in [0.25, 0.3) is 5.78 Å². The maximum Gasteiger partial charge on any atom is 0.301 e. The number of halogens is 2. The predicted molar refractivity (Wildman–Crippen MR) is 133 cm³/mol. The van der Waals surface area contributed by atoms with Crippen LogP contribution in [-0.4, -0.2) is 28.4 Å². The highest BCUT2D eigenvalue weighted by Gasteiger charge is 2.48. The Morgan fingerprint density at radius 3 is 2.63 bits per heavy atom. The zero-order valence-corrected chi connectivity index (χ0v) is 19.9. The molecule has 1 aromatic heterocycles. The molecule has 1 aliphatic rings. The van der Waals surface area contributed by atoms with E-state index in [1.165, 1.54) is 40.5 Å². The van der Waals surface area contributed by atoms with Crippen LogP contribution in [-0.2, 0) is 9.59 Å². The summed E-state index contributed by atoms with van der Waals surface area (Å²) in [4.78, 5) is 32.4. The average Bonchev–Trinajstić information content (AvgIpc) is 3.37. The van der Waals surface area contributed by atoms with Crippen LogP contribution in [0.25, 0.3) is 16.0 Å². The van der Waals surface area contributed by atoms with Crippen LogP contribution in [0.3, 0.4) is 0 Å². The molecule has 5 rings (SSSR count). The van der Waals surface area contributed by atoms with Gasteiger partial charge in [0.1, 0.15) is 17.3 Å². The summed E-state index contributed by atoms with van der Waals surface area (Å²) < 4.78 is 19.8. The number of Topliss-reactive ketones (excluding diaryl/α,β-unsaturated/α-hetero) is 1. The van der Waals surface area contributed by atoms with E-state index in [0.29, 0.717) is 33.6 Å². The third-order valence-corrected chi connectivity index (χ3v) is 6.84. The monoisotopic (exact) mass is 508 g/mol. The maximum atomic E-state index is 13.5. The lowest BCUT2D eigenvalue weighted by Gasteiger charge is -2.23. The molecule has 1 saturated heterocycles. The smallest absolute Gasteiger partial charge is 0.301 e. The molecule has 1 amide bonds. The molecule has 0 aliphatic carbocycles. The molecular formula is C26H18ClFN2O4S. The fourth-order valence-corrected chi connectivity index (χ4v) is 5.26. The Kier molecular flexibility index (Phi) is 6.00. The first-order chi connectivity index (χ1) is 16.9. The summed E-state index contributed by atoms with van der Waals surface area (Å²) >= 11 is 7.46. The summed E-state index contributed by atoms with van der Waals surface area (Å²) in [5.41, 5.74) is 1.24. The van der Waals surface area contributed by atoms with Crippen molar-refractivity contribution in [2.24, 2.45) is 0 Å². The predicted octanol–water partition coefficient (Wildman–Crippen LogP) is 6.11. The molecule has 1 unspecified atom stereocenters. The summed E-state index contributed by atoms with van der Waals surface area (Å²) in [5.74, 6) is -1.93. The standard InChI is InChI=1S/C26H18ClFN2O4S/c1-2-34-18-10-11-19-20(13-18)35-26(29-19)30-22(15-4-3-5-16(27)12-15)21(24(32)25(30)33)23(31)14-6-8-17(28)9-7-14/h3-13,22,31H,2H2,1H3/b23-21+. The SMILES string of the molecule is CCOc1ccc2nc(N3C(=O)C(=O)/C(=C(/O)c4ccc(F)cc4)C3c3cccc(Cl)c3)sc2c1. The summed E-state index contributed by atoms with van der Waals surface area (Å²) in [5, 5.41) is 11.8. The van der Waals surface area contributed by atoms with E-state index in [9.17, 15) is 19.1 Å². The second kappa shape index (κ2) is 9.13. The fourth-order valence-electron chi connectivity index (χ4n) is 4.04. The Morgan fingerprint density at radius 1 is 1.14 bits per heavy atom. The second-order valence-corrected chi connectivity index (χ2v) is 9.24. The normalized spacial score (nSPS) is 17.3. The number of rotatable bonds is 5. The van der Waals surface area contributed by atoms with E-state index in [4.69, 9.17) is 16.3 Å². The van der Waals surface area contributed by atoms with Gasteiger partial charge in [-0.05, 0) is 67.1 Å². The molecular weight excluding hydrogens is 491 g/mol. The molecule has 0 spiro atoms. The van der Waals surface area contributed by atoms with E-state index in [2.05, 4.69) is 4.98 Å². The molecule has 6 nitrogen and oxygen atoms in total. The molecule has 4 aromatic rings. The Balaban J connectivity index is 1.70. The van der Waals surface area contributed by atoms with Crippen molar-refractivity contribution in [3.8, 4) is 5.75 Å². The number of aliphatic hydroxyl groups is 1. The number of aromatic nitrogens is 1. The molecule has 0 saturated carbocycles. The lowest BCUT2D eigenvalue weighted by atomic mass is 9.95. The maximum absolute atomic E-state index is 13.5. The van der Waals surface area contributed by atoms with E-state index in [1.807, 2.05) is 13.0 Å². The van der Waals surface area contributed by atoms with E-state index >= 15 is 0 Å². The van der Waals surface area contributed by atoms with E-state index < -0.39 is 29.3 Å². The zero-order chi connectivity index (χ0) is 24.7. The number of aliphatic hydroxyl groups excluding tert-OH is 1. The number of amides is 1. The highest BCUT2D eigenvalue weighted by molar-refractivity contribution is 7.22. The Bertz CT molecular complexity index is 1500. The lowest BCUT2D eigenvalue weighted by molar-refractivity contribution is -0.132. The molecule has 1 atom stereocenters. The van der Waals surface area contributed by atoms with Crippen LogP contribution in [0.1, 0.15) is 24.1 Å². The third kappa shape index (κ3) is 4.15. The molecule has 3 aromatic carbocycles. The van der Waals surface area contributed by atoms with Gasteiger partial charge >= 0.3 is 5.91 Å². The van der Waals surface area contributed by atoms with Gasteiger partial charge in [-0.1, -0.05) is 35.1 Å². The van der Waals surface area contributed by atoms with Crippen molar-refractivity contribution in [2.75, 3.05) is 11.5 Å². The molecule has 1 fully saturated rings. The quantitative estimate of drug-likeness (QED) is 0.200. The number of ketones is 1. The van der Waals surface area contributed by atoms with Gasteiger partial charge in [0.2, 0.25) is 0 Å². The zero-order valence-electron chi connectivity index (χ0n) is 18.4. The number of carbonyl (C=O) groups excluding carboxylic acids is 2. The molecule has 1 N–H and O–H groups in total. The van der Waals surface area contributed by atoms with Crippen molar-refractivity contribution >= 4 is 55.7 Å². The van der Waals surface area contributed by atoms with Crippen LogP contribution >= 0.6 is 22.9 Å². The Hall–Kier alpha value is -3.75. The number of fused-ring (bicyclic) bond motifs is 1. The van der Waals surface area contributed by atoms with Gasteiger partial charge in [-0.25, -0.2) is 9.37 Å². The molecule has 2 heterocycles. The minimum atomic E-state index is -0.981. The van der Waals surface area contributed by atoms with Crippen LogP contribution in [0.4, 0.5) is 9.52 Å². The van der Waals surface area contributed by atoms with Crippen molar-refractivity contribution in [2.45, 2.75) is 13.0 Å². The Labute approximate surface area is 208 Å². The van der Waals surface area contributed by atoms with Crippen LogP contribution in [0.15, 0.2) is 72.3 Å². The number of hydrogen-bond acceptors (Lipinski definition) is 6. The van der Waals surface area contributed by atoms with E-state index in [0.717, 1.165) is 4.70 Å². The Morgan fingerprint density at radius 2 is 1.91 bits per heavy atom. The second-order valence-electron chi connectivity index (χ2n) is 7.79. The largest absolute Gasteiger partial charge is 0.507 e.